The van der Waals surface area contributed by atoms with Crippen molar-refractivity contribution in [3.05, 3.63) is 16.1 Å². The standard InChI is InChI=1S/C19H36N4OS.HI/c1-9-20-18(21-13-19(5,6)10-14(2)3)23(7)11-16-12-25-17(22-16)15(4)24-8;/h12,14-15H,9-11,13H2,1-8H3,(H,20,21);1H. The fraction of sp³-hybridized carbons (Fsp3) is 0.789. The lowest BCUT2D eigenvalue weighted by Gasteiger charge is -2.27. The minimum atomic E-state index is 0. The molecule has 0 radical (unpaired) electrons. The Morgan fingerprint density at radius 1 is 1.38 bits per heavy atom. The number of methoxy groups -OCH3 is 1. The van der Waals surface area contributed by atoms with E-state index < -0.39 is 0 Å². The van der Waals surface area contributed by atoms with Gasteiger partial charge in [-0.15, -0.1) is 35.3 Å². The van der Waals surface area contributed by atoms with Gasteiger partial charge in [0.1, 0.15) is 11.1 Å². The van der Waals surface area contributed by atoms with Crippen molar-refractivity contribution in [2.45, 2.75) is 60.6 Å². The van der Waals surface area contributed by atoms with Crippen LogP contribution in [-0.4, -0.2) is 43.1 Å². The Kier molecular flexibility index (Phi) is 11.9. The second kappa shape index (κ2) is 12.1. The topological polar surface area (TPSA) is 49.8 Å². The van der Waals surface area contributed by atoms with E-state index in [0.29, 0.717) is 5.92 Å². The van der Waals surface area contributed by atoms with Crippen LogP contribution in [0.5, 0.6) is 0 Å². The lowest BCUT2D eigenvalue weighted by Crippen LogP contribution is -2.39. The van der Waals surface area contributed by atoms with E-state index >= 15 is 0 Å². The zero-order chi connectivity index (χ0) is 19.0. The van der Waals surface area contributed by atoms with Crippen molar-refractivity contribution in [2.24, 2.45) is 16.3 Å². The summed E-state index contributed by atoms with van der Waals surface area (Å²) in [7, 11) is 3.78. The number of guanidine groups is 1. The molecule has 1 heterocycles. The van der Waals surface area contributed by atoms with E-state index in [4.69, 9.17) is 9.73 Å². The van der Waals surface area contributed by atoms with Gasteiger partial charge in [0.15, 0.2) is 5.96 Å². The molecule has 1 N–H and O–H groups in total. The van der Waals surface area contributed by atoms with Gasteiger partial charge in [-0.05, 0) is 31.6 Å². The number of hydrogen-bond donors (Lipinski definition) is 1. The van der Waals surface area contributed by atoms with Crippen LogP contribution in [-0.2, 0) is 11.3 Å². The minimum Gasteiger partial charge on any atom is -0.375 e. The van der Waals surface area contributed by atoms with Crippen LogP contribution in [0, 0.1) is 11.3 Å². The summed E-state index contributed by atoms with van der Waals surface area (Å²) in [5, 5.41) is 6.52. The molecule has 5 nitrogen and oxygen atoms in total. The van der Waals surface area contributed by atoms with Crippen molar-refractivity contribution >= 4 is 41.3 Å². The Bertz CT molecular complexity index is 545. The molecule has 0 aliphatic heterocycles. The molecule has 0 amide bonds. The molecule has 1 aromatic heterocycles. The normalized spacial score (nSPS) is 13.5. The summed E-state index contributed by atoms with van der Waals surface area (Å²) >= 11 is 1.65. The number of rotatable bonds is 9. The van der Waals surface area contributed by atoms with Gasteiger partial charge in [-0.1, -0.05) is 27.7 Å². The fourth-order valence-corrected chi connectivity index (χ4v) is 3.77. The SMILES string of the molecule is CCNC(=NCC(C)(C)CC(C)C)N(C)Cc1csc(C(C)OC)n1.I. The summed E-state index contributed by atoms with van der Waals surface area (Å²) in [5.41, 5.74) is 1.26. The Labute approximate surface area is 181 Å². The number of nitrogens with one attached hydrogen (secondary N) is 1. The number of hydrogen-bond acceptors (Lipinski definition) is 4. The van der Waals surface area contributed by atoms with Crippen molar-refractivity contribution in [3.8, 4) is 0 Å². The van der Waals surface area contributed by atoms with Gasteiger partial charge in [-0.3, -0.25) is 4.99 Å². The maximum Gasteiger partial charge on any atom is 0.194 e. The van der Waals surface area contributed by atoms with Crippen LogP contribution in [0.3, 0.4) is 0 Å². The van der Waals surface area contributed by atoms with Gasteiger partial charge >= 0.3 is 0 Å². The summed E-state index contributed by atoms with van der Waals surface area (Å²) in [5.74, 6) is 1.62. The molecule has 26 heavy (non-hydrogen) atoms. The molecule has 0 bridgehead atoms. The van der Waals surface area contributed by atoms with E-state index in [1.54, 1.807) is 18.4 Å². The molecule has 0 aliphatic carbocycles. The van der Waals surface area contributed by atoms with E-state index in [0.717, 1.165) is 36.3 Å². The van der Waals surface area contributed by atoms with Gasteiger partial charge in [-0.25, -0.2) is 4.98 Å². The lowest BCUT2D eigenvalue weighted by atomic mass is 9.84. The predicted octanol–water partition coefficient (Wildman–Crippen LogP) is 4.94. The number of aromatic nitrogens is 1. The number of ether oxygens (including phenoxy) is 1. The molecule has 0 fully saturated rings. The fourth-order valence-electron chi connectivity index (χ4n) is 2.93. The number of halogens is 1. The van der Waals surface area contributed by atoms with Crippen molar-refractivity contribution < 1.29 is 4.74 Å². The molecule has 1 aromatic rings. The highest BCUT2D eigenvalue weighted by molar-refractivity contribution is 14.0. The molecule has 7 heteroatoms. The zero-order valence-corrected chi connectivity index (χ0v) is 20.8. The van der Waals surface area contributed by atoms with Crippen molar-refractivity contribution in [1.29, 1.82) is 0 Å². The monoisotopic (exact) mass is 496 g/mol. The molecular weight excluding hydrogens is 459 g/mol. The van der Waals surface area contributed by atoms with Gasteiger partial charge in [-0.2, -0.15) is 0 Å². The molecule has 1 rings (SSSR count). The van der Waals surface area contributed by atoms with Crippen LogP contribution in [0.1, 0.15) is 64.8 Å². The quantitative estimate of drug-likeness (QED) is 0.299. The largest absolute Gasteiger partial charge is 0.375 e. The minimum absolute atomic E-state index is 0. The van der Waals surface area contributed by atoms with Gasteiger partial charge < -0.3 is 15.0 Å². The third kappa shape index (κ3) is 8.99. The smallest absolute Gasteiger partial charge is 0.194 e. The van der Waals surface area contributed by atoms with Crippen LogP contribution in [0.15, 0.2) is 10.4 Å². The third-order valence-electron chi connectivity index (χ3n) is 3.98. The Morgan fingerprint density at radius 2 is 2.04 bits per heavy atom. The van der Waals surface area contributed by atoms with Gasteiger partial charge in [0.25, 0.3) is 0 Å². The summed E-state index contributed by atoms with van der Waals surface area (Å²) < 4.78 is 5.35. The predicted molar refractivity (Wildman–Crippen MR) is 124 cm³/mol. The maximum absolute atomic E-state index is 5.35. The average Bonchev–Trinajstić information content (AvgIpc) is 2.97. The Balaban J connectivity index is 0.00000625. The van der Waals surface area contributed by atoms with Crippen molar-refractivity contribution in [1.82, 2.24) is 15.2 Å². The van der Waals surface area contributed by atoms with Crippen LogP contribution >= 0.6 is 35.3 Å². The summed E-state index contributed by atoms with van der Waals surface area (Å²) in [4.78, 5) is 11.7. The molecule has 0 aliphatic rings. The average molecular weight is 497 g/mol. The second-order valence-corrected chi connectivity index (χ2v) is 8.73. The molecule has 152 valence electrons. The lowest BCUT2D eigenvalue weighted by molar-refractivity contribution is 0.119. The van der Waals surface area contributed by atoms with E-state index in [1.807, 2.05) is 6.92 Å². The molecule has 0 aromatic carbocycles. The maximum atomic E-state index is 5.35. The Morgan fingerprint density at radius 3 is 2.58 bits per heavy atom. The molecule has 0 saturated carbocycles. The number of nitrogens with zero attached hydrogens (tertiary/aromatic N) is 3. The first-order chi connectivity index (χ1) is 11.7. The van der Waals surface area contributed by atoms with Gasteiger partial charge in [0.2, 0.25) is 0 Å². The third-order valence-corrected chi connectivity index (χ3v) is 5.04. The van der Waals surface area contributed by atoms with Gasteiger partial charge in [0, 0.05) is 32.6 Å². The van der Waals surface area contributed by atoms with Crippen molar-refractivity contribution in [2.75, 3.05) is 27.2 Å². The first kappa shape index (κ1) is 25.6. The molecular formula is C19H37IN4OS. The molecule has 1 atom stereocenters. The van der Waals surface area contributed by atoms with Crippen LogP contribution in [0.25, 0.3) is 0 Å². The molecule has 0 saturated heterocycles. The van der Waals surface area contributed by atoms with Crippen LogP contribution < -0.4 is 5.32 Å². The van der Waals surface area contributed by atoms with Crippen LogP contribution in [0.2, 0.25) is 0 Å². The summed E-state index contributed by atoms with van der Waals surface area (Å²) in [6.07, 6.45) is 1.21. The first-order valence-electron chi connectivity index (χ1n) is 9.15. The highest BCUT2D eigenvalue weighted by Crippen LogP contribution is 2.25. The highest BCUT2D eigenvalue weighted by Gasteiger charge is 2.20. The van der Waals surface area contributed by atoms with E-state index in [9.17, 15) is 0 Å². The number of aliphatic imine (C=N–C) groups is 1. The Hall–Kier alpha value is -0.410. The second-order valence-electron chi connectivity index (χ2n) is 7.84. The molecule has 1 unspecified atom stereocenters. The first-order valence-corrected chi connectivity index (χ1v) is 10.0. The summed E-state index contributed by atoms with van der Waals surface area (Å²) in [6.45, 7) is 15.7. The highest BCUT2D eigenvalue weighted by atomic mass is 127. The van der Waals surface area contributed by atoms with Gasteiger partial charge in [0.05, 0.1) is 12.2 Å². The zero-order valence-electron chi connectivity index (χ0n) is 17.6. The summed E-state index contributed by atoms with van der Waals surface area (Å²) in [6, 6.07) is 0. The van der Waals surface area contributed by atoms with Crippen LogP contribution in [0.4, 0.5) is 0 Å². The van der Waals surface area contributed by atoms with Crippen molar-refractivity contribution in [3.63, 3.8) is 0 Å². The van der Waals surface area contributed by atoms with E-state index in [1.165, 1.54) is 6.42 Å². The molecule has 0 spiro atoms. The number of thiazole rings is 1. The van der Waals surface area contributed by atoms with E-state index in [-0.39, 0.29) is 35.5 Å². The van der Waals surface area contributed by atoms with E-state index in [2.05, 4.69) is 62.2 Å².